The van der Waals surface area contributed by atoms with E-state index in [4.69, 9.17) is 9.73 Å². The number of halogens is 4. The maximum absolute atomic E-state index is 12.1. The second-order valence-electron chi connectivity index (χ2n) is 7.53. The molecule has 1 saturated heterocycles. The van der Waals surface area contributed by atoms with Crippen LogP contribution < -0.4 is 10.6 Å². The van der Waals surface area contributed by atoms with Crippen molar-refractivity contribution in [1.29, 1.82) is 0 Å². The maximum atomic E-state index is 12.1. The molecule has 0 atom stereocenters. The summed E-state index contributed by atoms with van der Waals surface area (Å²) in [5, 5.41) is 6.44. The first-order chi connectivity index (χ1) is 13.5. The largest absolute Gasteiger partial charge is 0.411 e. The van der Waals surface area contributed by atoms with E-state index in [0.717, 1.165) is 58.2 Å². The molecule has 1 aliphatic heterocycles. The van der Waals surface area contributed by atoms with Crippen LogP contribution in [0.4, 0.5) is 13.2 Å². The molecule has 2 fully saturated rings. The van der Waals surface area contributed by atoms with Gasteiger partial charge in [0.15, 0.2) is 5.96 Å². The first kappa shape index (κ1) is 26.7. The maximum Gasteiger partial charge on any atom is 0.411 e. The van der Waals surface area contributed by atoms with Gasteiger partial charge in [-0.25, -0.2) is 0 Å². The lowest BCUT2D eigenvalue weighted by Gasteiger charge is -2.47. The molecule has 0 spiro atoms. The van der Waals surface area contributed by atoms with E-state index in [0.29, 0.717) is 13.0 Å². The Hall–Kier alpha value is -0.330. The normalized spacial score (nSPS) is 20.8. The second kappa shape index (κ2) is 13.9. The molecule has 1 aliphatic carbocycles. The number of hydrogen-bond donors (Lipinski definition) is 2. The average molecular weight is 536 g/mol. The molecule has 0 amide bonds. The number of morpholine rings is 1. The summed E-state index contributed by atoms with van der Waals surface area (Å²) in [6, 6.07) is 0. The molecule has 172 valence electrons. The molecule has 0 unspecified atom stereocenters. The van der Waals surface area contributed by atoms with Gasteiger partial charge in [-0.1, -0.05) is 19.3 Å². The molecule has 1 heterocycles. The highest BCUT2D eigenvalue weighted by Crippen LogP contribution is 2.34. The summed E-state index contributed by atoms with van der Waals surface area (Å²) in [5.41, 5.74) is 0.0974. The van der Waals surface area contributed by atoms with Gasteiger partial charge in [0.1, 0.15) is 6.61 Å². The van der Waals surface area contributed by atoms with E-state index in [1.165, 1.54) is 19.3 Å². The summed E-state index contributed by atoms with van der Waals surface area (Å²) in [6.45, 7) is 6.34. The zero-order valence-corrected chi connectivity index (χ0v) is 19.7. The van der Waals surface area contributed by atoms with E-state index in [1.54, 1.807) is 0 Å². The molecule has 2 rings (SSSR count). The van der Waals surface area contributed by atoms with Gasteiger partial charge in [0.25, 0.3) is 0 Å². The van der Waals surface area contributed by atoms with Gasteiger partial charge in [0.2, 0.25) is 0 Å². The van der Waals surface area contributed by atoms with Crippen LogP contribution in [0.2, 0.25) is 0 Å². The summed E-state index contributed by atoms with van der Waals surface area (Å²) in [5.74, 6) is 0.719. The first-order valence-corrected chi connectivity index (χ1v) is 10.4. The number of guanidine groups is 1. The van der Waals surface area contributed by atoms with Gasteiger partial charge in [-0.05, 0) is 26.2 Å². The van der Waals surface area contributed by atoms with Crippen LogP contribution >= 0.6 is 24.0 Å². The Kier molecular flexibility index (Phi) is 12.8. The van der Waals surface area contributed by atoms with Crippen molar-refractivity contribution in [2.24, 2.45) is 4.99 Å². The summed E-state index contributed by atoms with van der Waals surface area (Å²) in [6.07, 6.45) is 2.28. The summed E-state index contributed by atoms with van der Waals surface area (Å²) < 4.78 is 46.4. The van der Waals surface area contributed by atoms with E-state index in [9.17, 15) is 13.2 Å². The number of nitrogens with one attached hydrogen (secondary N) is 2. The molecule has 2 N–H and O–H groups in total. The van der Waals surface area contributed by atoms with E-state index >= 15 is 0 Å². The fourth-order valence-corrected chi connectivity index (χ4v) is 3.96. The van der Waals surface area contributed by atoms with E-state index < -0.39 is 12.8 Å². The van der Waals surface area contributed by atoms with Gasteiger partial charge in [-0.2, -0.15) is 13.2 Å². The Bertz CT molecular complexity index is 469. The second-order valence-corrected chi connectivity index (χ2v) is 7.53. The monoisotopic (exact) mass is 536 g/mol. The fraction of sp³-hybridized carbons (Fsp3) is 0.947. The van der Waals surface area contributed by atoms with Crippen molar-refractivity contribution in [2.45, 2.75) is 57.2 Å². The van der Waals surface area contributed by atoms with Crippen molar-refractivity contribution in [3.8, 4) is 0 Å². The lowest BCUT2D eigenvalue weighted by molar-refractivity contribution is -0.173. The zero-order chi connectivity index (χ0) is 20.3. The minimum atomic E-state index is -4.27. The number of hydrogen-bond acceptors (Lipinski definition) is 4. The topological polar surface area (TPSA) is 58.1 Å². The van der Waals surface area contributed by atoms with Crippen LogP contribution in [0.5, 0.6) is 0 Å². The van der Waals surface area contributed by atoms with Gasteiger partial charge in [-0.15, -0.1) is 24.0 Å². The lowest BCUT2D eigenvalue weighted by atomic mass is 9.80. The Balaban J connectivity index is 0.00000420. The zero-order valence-electron chi connectivity index (χ0n) is 17.4. The fourth-order valence-electron chi connectivity index (χ4n) is 3.96. The number of nitrogens with zero attached hydrogens (tertiary/aromatic N) is 2. The first-order valence-electron chi connectivity index (χ1n) is 10.4. The van der Waals surface area contributed by atoms with Gasteiger partial charge in [0, 0.05) is 38.3 Å². The van der Waals surface area contributed by atoms with Crippen molar-refractivity contribution in [2.75, 3.05) is 59.2 Å². The van der Waals surface area contributed by atoms with E-state index in [2.05, 4.69) is 20.3 Å². The highest BCUT2D eigenvalue weighted by molar-refractivity contribution is 14.0. The summed E-state index contributed by atoms with van der Waals surface area (Å²) in [4.78, 5) is 7.38. The average Bonchev–Trinajstić information content (AvgIpc) is 2.69. The quantitative estimate of drug-likeness (QED) is 0.205. The third-order valence-electron chi connectivity index (χ3n) is 5.37. The van der Waals surface area contributed by atoms with Crippen LogP contribution in [0.3, 0.4) is 0 Å². The Morgan fingerprint density at radius 3 is 2.45 bits per heavy atom. The summed E-state index contributed by atoms with van der Waals surface area (Å²) in [7, 11) is 0. The molecule has 0 aromatic rings. The third kappa shape index (κ3) is 10.0. The lowest BCUT2D eigenvalue weighted by Crippen LogP contribution is -2.56. The molecule has 0 aromatic carbocycles. The van der Waals surface area contributed by atoms with Crippen LogP contribution in [0.1, 0.15) is 45.4 Å². The van der Waals surface area contributed by atoms with Gasteiger partial charge in [-0.3, -0.25) is 9.89 Å². The van der Waals surface area contributed by atoms with Crippen molar-refractivity contribution in [3.05, 3.63) is 0 Å². The number of rotatable bonds is 9. The van der Waals surface area contributed by atoms with Gasteiger partial charge in [0.05, 0.1) is 19.8 Å². The highest BCUT2D eigenvalue weighted by atomic mass is 127. The van der Waals surface area contributed by atoms with Gasteiger partial charge < -0.3 is 20.1 Å². The molecule has 6 nitrogen and oxygen atoms in total. The minimum Gasteiger partial charge on any atom is -0.379 e. The number of ether oxygens (including phenoxy) is 2. The van der Waals surface area contributed by atoms with Gasteiger partial charge >= 0.3 is 6.18 Å². The highest BCUT2D eigenvalue weighted by Gasteiger charge is 2.38. The third-order valence-corrected chi connectivity index (χ3v) is 5.37. The van der Waals surface area contributed by atoms with Crippen LogP contribution in [0, 0.1) is 0 Å². The van der Waals surface area contributed by atoms with Crippen LogP contribution in [0.25, 0.3) is 0 Å². The molecular weight excluding hydrogens is 500 g/mol. The van der Waals surface area contributed by atoms with Crippen LogP contribution in [0.15, 0.2) is 4.99 Å². The van der Waals surface area contributed by atoms with E-state index in [1.807, 2.05) is 6.92 Å². The molecule has 0 radical (unpaired) electrons. The predicted octanol–water partition coefficient (Wildman–Crippen LogP) is 3.16. The van der Waals surface area contributed by atoms with Crippen molar-refractivity contribution < 1.29 is 22.6 Å². The smallest absolute Gasteiger partial charge is 0.379 e. The Labute approximate surface area is 189 Å². The molecule has 1 saturated carbocycles. The molecule has 0 bridgehead atoms. The SMILES string of the molecule is CCNC(=NCC1(N2CCOCC2)CCCCC1)NCCCOCC(F)(F)F.I. The molecule has 10 heteroatoms. The van der Waals surface area contributed by atoms with Crippen molar-refractivity contribution in [1.82, 2.24) is 15.5 Å². The molecule has 29 heavy (non-hydrogen) atoms. The van der Waals surface area contributed by atoms with E-state index in [-0.39, 0.29) is 36.1 Å². The standard InChI is InChI=1S/C19H35F3N4O2.HI/c1-2-23-17(24-9-6-12-28-16-19(20,21)22)25-15-18(7-4-3-5-8-18)26-10-13-27-14-11-26;/h2-16H2,1H3,(H2,23,24,25);1H. The number of alkyl halides is 3. The molecule has 0 aromatic heterocycles. The Morgan fingerprint density at radius 1 is 1.14 bits per heavy atom. The predicted molar refractivity (Wildman–Crippen MR) is 119 cm³/mol. The molecule has 2 aliphatic rings. The molecular formula is C19H36F3IN4O2. The van der Waals surface area contributed by atoms with Crippen LogP contribution in [-0.4, -0.2) is 81.7 Å². The van der Waals surface area contributed by atoms with Crippen LogP contribution in [-0.2, 0) is 9.47 Å². The Morgan fingerprint density at radius 2 is 1.83 bits per heavy atom. The van der Waals surface area contributed by atoms with Crippen molar-refractivity contribution in [3.63, 3.8) is 0 Å². The number of aliphatic imine (C=N–C) groups is 1. The minimum absolute atomic E-state index is 0. The summed E-state index contributed by atoms with van der Waals surface area (Å²) >= 11 is 0. The van der Waals surface area contributed by atoms with Crippen molar-refractivity contribution >= 4 is 29.9 Å².